The van der Waals surface area contributed by atoms with Crippen molar-refractivity contribution in [3.05, 3.63) is 54.1 Å². The molecular formula is C21H26O7S. The molecule has 0 saturated heterocycles. The first-order chi connectivity index (χ1) is 13.6. The van der Waals surface area contributed by atoms with E-state index in [0.29, 0.717) is 31.1 Å². The van der Waals surface area contributed by atoms with Gasteiger partial charge in [0.1, 0.15) is 17.2 Å². The molecular weight excluding hydrogens is 396 g/mol. The number of benzene rings is 2. The summed E-state index contributed by atoms with van der Waals surface area (Å²) in [6.45, 7) is 5.80. The largest absolute Gasteiger partial charge is 0.493 e. The van der Waals surface area contributed by atoms with Crippen molar-refractivity contribution in [2.75, 3.05) is 19.5 Å². The minimum Gasteiger partial charge on any atom is -0.493 e. The van der Waals surface area contributed by atoms with Crippen molar-refractivity contribution >= 4 is 16.1 Å². The van der Waals surface area contributed by atoms with Crippen LogP contribution in [0.15, 0.2) is 48.5 Å². The van der Waals surface area contributed by atoms with Crippen molar-refractivity contribution in [1.29, 1.82) is 0 Å². The smallest absolute Gasteiger partial charge is 0.349 e. The lowest BCUT2D eigenvalue weighted by molar-refractivity contribution is -0.158. The van der Waals surface area contributed by atoms with E-state index in [1.807, 2.05) is 0 Å². The van der Waals surface area contributed by atoms with Crippen LogP contribution in [0.3, 0.4) is 0 Å². The molecule has 2 aromatic rings. The van der Waals surface area contributed by atoms with E-state index in [9.17, 15) is 13.2 Å². The van der Waals surface area contributed by atoms with Crippen molar-refractivity contribution in [3.8, 4) is 17.2 Å². The van der Waals surface area contributed by atoms with Crippen LogP contribution in [0.5, 0.6) is 17.2 Å². The molecule has 0 fully saturated rings. The van der Waals surface area contributed by atoms with E-state index in [4.69, 9.17) is 18.4 Å². The predicted molar refractivity (Wildman–Crippen MR) is 109 cm³/mol. The quantitative estimate of drug-likeness (QED) is 0.428. The minimum atomic E-state index is -3.53. The topological polar surface area (TPSA) is 88.1 Å². The molecule has 0 bridgehead atoms. The van der Waals surface area contributed by atoms with E-state index in [-0.39, 0.29) is 5.75 Å². The van der Waals surface area contributed by atoms with Crippen molar-refractivity contribution in [1.82, 2.24) is 0 Å². The van der Waals surface area contributed by atoms with Gasteiger partial charge in [0.25, 0.3) is 0 Å². The molecule has 0 atom stereocenters. The molecule has 8 heteroatoms. The molecule has 2 rings (SSSR count). The maximum Gasteiger partial charge on any atom is 0.349 e. The summed E-state index contributed by atoms with van der Waals surface area (Å²) < 4.78 is 43.4. The number of hydrogen-bond acceptors (Lipinski definition) is 7. The van der Waals surface area contributed by atoms with Gasteiger partial charge in [0.05, 0.1) is 19.5 Å². The van der Waals surface area contributed by atoms with Crippen LogP contribution in [0.25, 0.3) is 0 Å². The van der Waals surface area contributed by atoms with Gasteiger partial charge in [-0.1, -0.05) is 12.1 Å². The minimum absolute atomic E-state index is 0.276. The van der Waals surface area contributed by atoms with Crippen molar-refractivity contribution in [2.24, 2.45) is 0 Å². The highest BCUT2D eigenvalue weighted by Crippen LogP contribution is 2.23. The summed E-state index contributed by atoms with van der Waals surface area (Å²) in [5.41, 5.74) is -0.0901. The lowest BCUT2D eigenvalue weighted by atomic mass is 10.1. The van der Waals surface area contributed by atoms with Crippen LogP contribution in [-0.4, -0.2) is 39.5 Å². The molecule has 0 amide bonds. The van der Waals surface area contributed by atoms with Crippen molar-refractivity contribution in [3.63, 3.8) is 0 Å². The number of ether oxygens (including phenoxy) is 3. The lowest BCUT2D eigenvalue weighted by Gasteiger charge is -2.24. The standard InChI is InChI=1S/C21H26O7S/c1-5-25-20(22)21(2,3)27-18-12-10-17(11-13-18)26-15-14-16-6-8-19(9-7-16)28-29(4,23)24/h6-13H,5,14-15H2,1-4H3. The lowest BCUT2D eigenvalue weighted by Crippen LogP contribution is -2.39. The second-order valence-corrected chi connectivity index (χ2v) is 8.41. The Morgan fingerprint density at radius 1 is 0.931 bits per heavy atom. The molecule has 0 heterocycles. The summed E-state index contributed by atoms with van der Waals surface area (Å²) in [5.74, 6) is 1.06. The number of hydrogen-bond donors (Lipinski definition) is 0. The summed E-state index contributed by atoms with van der Waals surface area (Å²) >= 11 is 0. The zero-order chi connectivity index (χ0) is 21.5. The van der Waals surface area contributed by atoms with Crippen LogP contribution in [0.1, 0.15) is 26.3 Å². The number of carbonyl (C=O) groups excluding carboxylic acids is 1. The Bertz CT molecular complexity index is 901. The second kappa shape index (κ2) is 9.65. The third kappa shape index (κ3) is 7.65. The van der Waals surface area contributed by atoms with Gasteiger partial charge in [0, 0.05) is 6.42 Å². The third-order valence-corrected chi connectivity index (χ3v) is 4.29. The average molecular weight is 422 g/mol. The first-order valence-corrected chi connectivity index (χ1v) is 11.0. The first kappa shape index (κ1) is 22.5. The third-order valence-electron chi connectivity index (χ3n) is 3.79. The molecule has 29 heavy (non-hydrogen) atoms. The number of esters is 1. The molecule has 0 aliphatic carbocycles. The van der Waals surface area contributed by atoms with E-state index in [1.54, 1.807) is 69.3 Å². The summed E-state index contributed by atoms with van der Waals surface area (Å²) in [5, 5.41) is 0. The molecule has 0 N–H and O–H groups in total. The zero-order valence-electron chi connectivity index (χ0n) is 17.0. The summed E-state index contributed by atoms with van der Waals surface area (Å²) in [4.78, 5) is 11.9. The summed E-state index contributed by atoms with van der Waals surface area (Å²) in [6.07, 6.45) is 1.65. The van der Waals surface area contributed by atoms with Crippen LogP contribution in [0, 0.1) is 0 Å². The van der Waals surface area contributed by atoms with Crippen molar-refractivity contribution in [2.45, 2.75) is 32.8 Å². The molecule has 0 unspecified atom stereocenters. The van der Waals surface area contributed by atoms with Crippen LogP contribution in [0.2, 0.25) is 0 Å². The average Bonchev–Trinajstić information content (AvgIpc) is 2.63. The normalized spacial score (nSPS) is 11.6. The van der Waals surface area contributed by atoms with Gasteiger partial charge in [-0.2, -0.15) is 8.42 Å². The van der Waals surface area contributed by atoms with Gasteiger partial charge in [-0.05, 0) is 62.7 Å². The highest BCUT2D eigenvalue weighted by atomic mass is 32.2. The molecule has 0 radical (unpaired) electrons. The molecule has 0 saturated carbocycles. The van der Waals surface area contributed by atoms with Gasteiger partial charge in [0.15, 0.2) is 5.60 Å². The second-order valence-electron chi connectivity index (χ2n) is 6.83. The highest BCUT2D eigenvalue weighted by molar-refractivity contribution is 7.86. The van der Waals surface area contributed by atoms with Crippen LogP contribution in [0.4, 0.5) is 0 Å². The van der Waals surface area contributed by atoms with E-state index in [1.165, 1.54) is 0 Å². The van der Waals surface area contributed by atoms with Crippen LogP contribution >= 0.6 is 0 Å². The fourth-order valence-corrected chi connectivity index (χ4v) is 2.88. The number of carbonyl (C=O) groups is 1. The summed E-state index contributed by atoms with van der Waals surface area (Å²) in [7, 11) is -3.53. The predicted octanol–water partition coefficient (Wildman–Crippen LogP) is 3.37. The Kier molecular flexibility index (Phi) is 7.50. The van der Waals surface area contributed by atoms with E-state index < -0.39 is 21.7 Å². The Labute approximate surface area is 171 Å². The number of rotatable bonds is 10. The van der Waals surface area contributed by atoms with Gasteiger partial charge in [-0.15, -0.1) is 0 Å². The maximum absolute atomic E-state index is 11.9. The van der Waals surface area contributed by atoms with Gasteiger partial charge in [-0.3, -0.25) is 0 Å². The molecule has 158 valence electrons. The van der Waals surface area contributed by atoms with E-state index >= 15 is 0 Å². The van der Waals surface area contributed by atoms with Gasteiger partial charge >= 0.3 is 16.1 Å². The Morgan fingerprint density at radius 2 is 1.48 bits per heavy atom. The molecule has 0 aliphatic rings. The Balaban J connectivity index is 1.84. The van der Waals surface area contributed by atoms with Gasteiger partial charge in [-0.25, -0.2) is 4.79 Å². The van der Waals surface area contributed by atoms with Crippen molar-refractivity contribution < 1.29 is 31.6 Å². The highest BCUT2D eigenvalue weighted by Gasteiger charge is 2.31. The maximum atomic E-state index is 11.9. The van der Waals surface area contributed by atoms with Crippen LogP contribution < -0.4 is 13.7 Å². The summed E-state index contributed by atoms with van der Waals surface area (Å²) in [6, 6.07) is 13.8. The molecule has 0 aliphatic heterocycles. The molecule has 7 nitrogen and oxygen atoms in total. The Hall–Kier alpha value is -2.74. The zero-order valence-corrected chi connectivity index (χ0v) is 17.8. The molecule has 0 aromatic heterocycles. The van der Waals surface area contributed by atoms with Gasteiger partial charge in [0.2, 0.25) is 0 Å². The molecule has 2 aromatic carbocycles. The fourth-order valence-electron chi connectivity index (χ4n) is 2.42. The SMILES string of the molecule is CCOC(=O)C(C)(C)Oc1ccc(OCCc2ccc(OS(C)(=O)=O)cc2)cc1. The monoisotopic (exact) mass is 422 g/mol. The van der Waals surface area contributed by atoms with Gasteiger partial charge < -0.3 is 18.4 Å². The fraction of sp³-hybridized carbons (Fsp3) is 0.381. The first-order valence-electron chi connectivity index (χ1n) is 9.16. The van der Waals surface area contributed by atoms with E-state index in [2.05, 4.69) is 0 Å². The molecule has 0 spiro atoms. The van der Waals surface area contributed by atoms with E-state index in [0.717, 1.165) is 11.8 Å². The van der Waals surface area contributed by atoms with Crippen LogP contribution in [-0.2, 0) is 26.1 Å². The Morgan fingerprint density at radius 3 is 2.03 bits per heavy atom.